The molecule has 1 aliphatic carbocycles. The number of aromatic nitrogens is 1. The second-order valence-corrected chi connectivity index (χ2v) is 6.25. The Labute approximate surface area is 129 Å². The molecule has 1 aliphatic heterocycles. The van der Waals surface area contributed by atoms with Gasteiger partial charge in [0.05, 0.1) is 23.9 Å². The fraction of sp³-hybridized carbons (Fsp3) is 0.389. The maximum Gasteiger partial charge on any atom is 0.233 e. The van der Waals surface area contributed by atoms with Crippen molar-refractivity contribution in [1.82, 2.24) is 9.88 Å². The van der Waals surface area contributed by atoms with Gasteiger partial charge in [0.1, 0.15) is 0 Å². The third kappa shape index (κ3) is 2.02. The van der Waals surface area contributed by atoms with E-state index < -0.39 is 0 Å². The van der Waals surface area contributed by atoms with E-state index in [-0.39, 0.29) is 23.7 Å². The lowest BCUT2D eigenvalue weighted by molar-refractivity contribution is -0.140. The monoisotopic (exact) mass is 294 g/mol. The van der Waals surface area contributed by atoms with Crippen LogP contribution in [0.15, 0.2) is 36.5 Å². The predicted octanol–water partition coefficient (Wildman–Crippen LogP) is 2.91. The van der Waals surface area contributed by atoms with Gasteiger partial charge in [-0.3, -0.25) is 19.5 Å². The topological polar surface area (TPSA) is 50.3 Å². The highest BCUT2D eigenvalue weighted by Gasteiger charge is 2.47. The first-order valence-corrected chi connectivity index (χ1v) is 7.93. The quantitative estimate of drug-likeness (QED) is 0.800. The van der Waals surface area contributed by atoms with Crippen LogP contribution in [0.3, 0.4) is 0 Å². The fourth-order valence-corrected chi connectivity index (χ4v) is 3.85. The summed E-state index contributed by atoms with van der Waals surface area (Å²) in [6.45, 7) is 0.346. The smallest absolute Gasteiger partial charge is 0.233 e. The van der Waals surface area contributed by atoms with Gasteiger partial charge in [0, 0.05) is 11.6 Å². The lowest BCUT2D eigenvalue weighted by Crippen LogP contribution is -2.30. The molecule has 4 rings (SSSR count). The summed E-state index contributed by atoms with van der Waals surface area (Å²) < 4.78 is 0. The van der Waals surface area contributed by atoms with Gasteiger partial charge < -0.3 is 0 Å². The average molecular weight is 294 g/mol. The number of pyridine rings is 1. The number of amides is 2. The molecule has 2 fully saturated rings. The van der Waals surface area contributed by atoms with Crippen LogP contribution in [0.1, 0.15) is 31.2 Å². The van der Waals surface area contributed by atoms with E-state index >= 15 is 0 Å². The molecular weight excluding hydrogens is 276 g/mol. The van der Waals surface area contributed by atoms with Gasteiger partial charge in [-0.25, -0.2) is 0 Å². The van der Waals surface area contributed by atoms with Gasteiger partial charge >= 0.3 is 0 Å². The van der Waals surface area contributed by atoms with Crippen molar-refractivity contribution in [3.8, 4) is 0 Å². The molecule has 2 unspecified atom stereocenters. The molecule has 2 aromatic rings. The zero-order chi connectivity index (χ0) is 15.1. The van der Waals surface area contributed by atoms with E-state index in [9.17, 15) is 9.59 Å². The molecule has 1 saturated heterocycles. The number of fused-ring (bicyclic) bond motifs is 2. The Hall–Kier alpha value is -2.23. The van der Waals surface area contributed by atoms with Crippen LogP contribution in [0.5, 0.6) is 0 Å². The molecule has 112 valence electrons. The molecule has 2 atom stereocenters. The maximum absolute atomic E-state index is 12.6. The summed E-state index contributed by atoms with van der Waals surface area (Å²) in [4.78, 5) is 31.0. The number of imide groups is 1. The Kier molecular flexibility index (Phi) is 3.17. The van der Waals surface area contributed by atoms with E-state index in [1.54, 1.807) is 6.20 Å². The summed E-state index contributed by atoms with van der Waals surface area (Å²) in [5, 5.41) is 1.04. The summed E-state index contributed by atoms with van der Waals surface area (Å²) in [5.74, 6) is -0.126. The van der Waals surface area contributed by atoms with Gasteiger partial charge in [0.15, 0.2) is 0 Å². The van der Waals surface area contributed by atoms with Crippen LogP contribution in [0.2, 0.25) is 0 Å². The van der Waals surface area contributed by atoms with Crippen molar-refractivity contribution >= 4 is 22.7 Å². The van der Waals surface area contributed by atoms with Gasteiger partial charge in [0.25, 0.3) is 0 Å². The standard InChI is InChI=1S/C18H18N2O2/c21-17-14-8-1-2-9-15(14)18(22)20(17)11-13-6-3-5-12-7-4-10-19-16(12)13/h3-7,10,14-15H,1-2,8-9,11H2. The second kappa shape index (κ2) is 5.20. The minimum absolute atomic E-state index is 0.0163. The highest BCUT2D eigenvalue weighted by atomic mass is 16.2. The van der Waals surface area contributed by atoms with E-state index in [2.05, 4.69) is 4.98 Å². The third-order valence-corrected chi connectivity index (χ3v) is 4.98. The molecule has 0 bridgehead atoms. The summed E-state index contributed by atoms with van der Waals surface area (Å²) in [6, 6.07) is 9.81. The van der Waals surface area contributed by atoms with Crippen LogP contribution in [-0.2, 0) is 16.1 Å². The lowest BCUT2D eigenvalue weighted by atomic mass is 9.81. The molecule has 22 heavy (non-hydrogen) atoms. The van der Waals surface area contributed by atoms with Crippen molar-refractivity contribution in [1.29, 1.82) is 0 Å². The summed E-state index contributed by atoms with van der Waals surface area (Å²) in [7, 11) is 0. The molecule has 1 aromatic carbocycles. The maximum atomic E-state index is 12.6. The third-order valence-electron chi connectivity index (χ3n) is 4.98. The zero-order valence-electron chi connectivity index (χ0n) is 12.4. The summed E-state index contributed by atoms with van der Waals surface area (Å²) in [5.41, 5.74) is 1.82. The van der Waals surface area contributed by atoms with Crippen molar-refractivity contribution < 1.29 is 9.59 Å². The number of para-hydroxylation sites is 1. The molecule has 2 amide bonds. The molecule has 0 radical (unpaired) electrons. The Morgan fingerprint density at radius 1 is 1.00 bits per heavy atom. The van der Waals surface area contributed by atoms with Gasteiger partial charge in [-0.2, -0.15) is 0 Å². The van der Waals surface area contributed by atoms with Crippen LogP contribution < -0.4 is 0 Å². The normalized spacial score (nSPS) is 24.8. The molecular formula is C18H18N2O2. The number of carbonyl (C=O) groups excluding carboxylic acids is 2. The minimum atomic E-state index is -0.0795. The number of rotatable bonds is 2. The van der Waals surface area contributed by atoms with Crippen LogP contribution in [-0.4, -0.2) is 21.7 Å². The summed E-state index contributed by atoms with van der Waals surface area (Å²) in [6.07, 6.45) is 5.59. The first-order valence-electron chi connectivity index (χ1n) is 7.93. The number of nitrogens with zero attached hydrogens (tertiary/aromatic N) is 2. The predicted molar refractivity (Wildman–Crippen MR) is 82.7 cm³/mol. The van der Waals surface area contributed by atoms with Gasteiger partial charge in [-0.15, -0.1) is 0 Å². The van der Waals surface area contributed by atoms with Crippen molar-refractivity contribution in [2.75, 3.05) is 0 Å². The Balaban J connectivity index is 1.68. The molecule has 2 heterocycles. The molecule has 0 N–H and O–H groups in total. The highest BCUT2D eigenvalue weighted by Crippen LogP contribution is 2.38. The first kappa shape index (κ1) is 13.4. The van der Waals surface area contributed by atoms with Crippen LogP contribution in [0.25, 0.3) is 10.9 Å². The fourth-order valence-electron chi connectivity index (χ4n) is 3.85. The molecule has 4 nitrogen and oxygen atoms in total. The molecule has 4 heteroatoms. The van der Waals surface area contributed by atoms with Gasteiger partial charge in [0.2, 0.25) is 11.8 Å². The zero-order valence-corrected chi connectivity index (χ0v) is 12.4. The van der Waals surface area contributed by atoms with Crippen LogP contribution >= 0.6 is 0 Å². The molecule has 2 aliphatic rings. The Bertz CT molecular complexity index is 726. The van der Waals surface area contributed by atoms with E-state index in [4.69, 9.17) is 0 Å². The SMILES string of the molecule is O=C1C2CCCCC2C(=O)N1Cc1cccc2cccnc12. The minimum Gasteiger partial charge on any atom is -0.278 e. The average Bonchev–Trinajstić information content (AvgIpc) is 2.81. The van der Waals surface area contributed by atoms with Crippen LogP contribution in [0.4, 0.5) is 0 Å². The number of hydrogen-bond donors (Lipinski definition) is 0. The second-order valence-electron chi connectivity index (χ2n) is 6.25. The van der Waals surface area contributed by atoms with Crippen molar-refractivity contribution in [3.05, 3.63) is 42.1 Å². The molecule has 1 saturated carbocycles. The number of benzene rings is 1. The number of likely N-dealkylation sites (tertiary alicyclic amines) is 1. The Morgan fingerprint density at radius 3 is 2.41 bits per heavy atom. The van der Waals surface area contributed by atoms with E-state index in [1.165, 1.54) is 4.90 Å². The lowest BCUT2D eigenvalue weighted by Gasteiger charge is -2.19. The molecule has 1 aromatic heterocycles. The number of hydrogen-bond acceptors (Lipinski definition) is 3. The first-order chi connectivity index (χ1) is 10.8. The number of carbonyl (C=O) groups is 2. The van der Waals surface area contributed by atoms with Crippen molar-refractivity contribution in [2.24, 2.45) is 11.8 Å². The van der Waals surface area contributed by atoms with E-state index in [0.717, 1.165) is 42.1 Å². The van der Waals surface area contributed by atoms with Crippen molar-refractivity contribution in [2.45, 2.75) is 32.2 Å². The van der Waals surface area contributed by atoms with E-state index in [0.29, 0.717) is 6.54 Å². The Morgan fingerprint density at radius 2 is 1.68 bits per heavy atom. The largest absolute Gasteiger partial charge is 0.278 e. The van der Waals surface area contributed by atoms with Crippen molar-refractivity contribution in [3.63, 3.8) is 0 Å². The van der Waals surface area contributed by atoms with Gasteiger partial charge in [-0.1, -0.05) is 37.1 Å². The molecule has 0 spiro atoms. The van der Waals surface area contributed by atoms with Crippen LogP contribution in [0, 0.1) is 11.8 Å². The van der Waals surface area contributed by atoms with E-state index in [1.807, 2.05) is 30.3 Å². The summed E-state index contributed by atoms with van der Waals surface area (Å²) >= 11 is 0. The highest BCUT2D eigenvalue weighted by molar-refractivity contribution is 6.05. The van der Waals surface area contributed by atoms with Gasteiger partial charge in [-0.05, 0) is 24.5 Å².